The second-order valence-electron chi connectivity index (χ2n) is 6.78. The van der Waals surface area contributed by atoms with E-state index in [1.807, 2.05) is 60.7 Å². The molecule has 1 amide bonds. The summed E-state index contributed by atoms with van der Waals surface area (Å²) in [5, 5.41) is 21.1. The van der Waals surface area contributed by atoms with Crippen LogP contribution in [-0.2, 0) is 27.2 Å². The van der Waals surface area contributed by atoms with E-state index < -0.39 is 23.8 Å². The highest BCUT2D eigenvalue weighted by molar-refractivity contribution is 5.80. The zero-order valence-electron chi connectivity index (χ0n) is 15.6. The third kappa shape index (κ3) is 7.23. The van der Waals surface area contributed by atoms with Gasteiger partial charge < -0.3 is 15.5 Å². The number of carbonyl (C=O) groups is 3. The van der Waals surface area contributed by atoms with Crippen molar-refractivity contribution in [3.05, 3.63) is 71.8 Å². The molecule has 0 unspecified atom stereocenters. The summed E-state index contributed by atoms with van der Waals surface area (Å²) in [5.74, 6) is -3.51. The fourth-order valence-electron chi connectivity index (χ4n) is 3.13. The Bertz CT molecular complexity index is 776. The maximum atomic E-state index is 12.6. The molecule has 0 aliphatic heterocycles. The molecular formula is C22H25NO5. The SMILES string of the molecule is O=C(O)CCNC(=O)[C@@H](Cc1ccccc1)C[C@H](Cc1ccccc1)C(=O)O. The molecule has 148 valence electrons. The number of hydrogen-bond donors (Lipinski definition) is 3. The standard InChI is InChI=1S/C22H25NO5/c24-20(25)11-12-23-21(26)18(13-16-7-3-1-4-8-16)15-19(22(27)28)14-17-9-5-2-6-10-17/h1-10,18-19H,11-15H2,(H,23,26)(H,24,25)(H,27,28)/t18-,19-/m0/s1. The lowest BCUT2D eigenvalue weighted by atomic mass is 9.85. The van der Waals surface area contributed by atoms with Crippen molar-refractivity contribution in [2.75, 3.05) is 6.54 Å². The zero-order valence-corrected chi connectivity index (χ0v) is 15.6. The molecule has 3 N–H and O–H groups in total. The second-order valence-corrected chi connectivity index (χ2v) is 6.78. The highest BCUT2D eigenvalue weighted by atomic mass is 16.4. The molecule has 0 heterocycles. The van der Waals surface area contributed by atoms with Crippen LogP contribution in [0.2, 0.25) is 0 Å². The summed E-state index contributed by atoms with van der Waals surface area (Å²) in [7, 11) is 0. The summed E-state index contributed by atoms with van der Waals surface area (Å²) in [5.41, 5.74) is 1.84. The topological polar surface area (TPSA) is 104 Å². The quantitative estimate of drug-likeness (QED) is 0.554. The molecule has 0 aromatic heterocycles. The van der Waals surface area contributed by atoms with Crippen molar-refractivity contribution >= 4 is 17.8 Å². The van der Waals surface area contributed by atoms with E-state index >= 15 is 0 Å². The van der Waals surface area contributed by atoms with Gasteiger partial charge in [0, 0.05) is 12.5 Å². The predicted octanol–water partition coefficient (Wildman–Crippen LogP) is 2.77. The molecule has 0 aliphatic rings. The summed E-state index contributed by atoms with van der Waals surface area (Å²) in [6.45, 7) is 0.0237. The van der Waals surface area contributed by atoms with Gasteiger partial charge in [-0.15, -0.1) is 0 Å². The zero-order chi connectivity index (χ0) is 20.4. The third-order valence-corrected chi connectivity index (χ3v) is 4.58. The molecule has 0 fully saturated rings. The van der Waals surface area contributed by atoms with Crippen LogP contribution in [-0.4, -0.2) is 34.6 Å². The molecule has 0 aliphatic carbocycles. The maximum Gasteiger partial charge on any atom is 0.306 e. The molecule has 2 aromatic carbocycles. The minimum atomic E-state index is -0.993. The highest BCUT2D eigenvalue weighted by Crippen LogP contribution is 2.22. The van der Waals surface area contributed by atoms with E-state index in [1.165, 1.54) is 0 Å². The van der Waals surface area contributed by atoms with E-state index in [1.54, 1.807) is 0 Å². The van der Waals surface area contributed by atoms with E-state index in [4.69, 9.17) is 5.11 Å². The van der Waals surface area contributed by atoms with Crippen molar-refractivity contribution in [1.82, 2.24) is 5.32 Å². The first-order valence-corrected chi connectivity index (χ1v) is 9.26. The molecule has 0 radical (unpaired) electrons. The summed E-state index contributed by atoms with van der Waals surface area (Å²) in [4.78, 5) is 35.1. The van der Waals surface area contributed by atoms with Crippen LogP contribution in [0.15, 0.2) is 60.7 Å². The predicted molar refractivity (Wildman–Crippen MR) is 105 cm³/mol. The normalized spacial score (nSPS) is 12.7. The van der Waals surface area contributed by atoms with E-state index in [2.05, 4.69) is 5.32 Å². The van der Waals surface area contributed by atoms with Gasteiger partial charge in [0.2, 0.25) is 5.91 Å². The van der Waals surface area contributed by atoms with Crippen molar-refractivity contribution in [2.24, 2.45) is 11.8 Å². The first-order chi connectivity index (χ1) is 13.5. The van der Waals surface area contributed by atoms with E-state index in [0.29, 0.717) is 12.8 Å². The van der Waals surface area contributed by atoms with Gasteiger partial charge in [-0.2, -0.15) is 0 Å². The van der Waals surface area contributed by atoms with Crippen molar-refractivity contribution in [2.45, 2.75) is 25.7 Å². The van der Waals surface area contributed by atoms with Crippen molar-refractivity contribution < 1.29 is 24.6 Å². The Kier molecular flexibility index (Phi) is 8.21. The van der Waals surface area contributed by atoms with Gasteiger partial charge in [0.05, 0.1) is 12.3 Å². The van der Waals surface area contributed by atoms with Gasteiger partial charge in [-0.1, -0.05) is 60.7 Å². The van der Waals surface area contributed by atoms with Crippen LogP contribution in [0.4, 0.5) is 0 Å². The minimum Gasteiger partial charge on any atom is -0.481 e. The van der Waals surface area contributed by atoms with Crippen LogP contribution >= 0.6 is 0 Å². The van der Waals surface area contributed by atoms with Gasteiger partial charge >= 0.3 is 11.9 Å². The number of nitrogens with one attached hydrogen (secondary N) is 1. The van der Waals surface area contributed by atoms with Gasteiger partial charge in [0.15, 0.2) is 0 Å². The Labute approximate surface area is 164 Å². The van der Waals surface area contributed by atoms with Crippen LogP contribution < -0.4 is 5.32 Å². The Morgan fingerprint density at radius 2 is 1.29 bits per heavy atom. The largest absolute Gasteiger partial charge is 0.481 e. The molecule has 6 nitrogen and oxygen atoms in total. The number of benzene rings is 2. The molecule has 0 bridgehead atoms. The average molecular weight is 383 g/mol. The summed E-state index contributed by atoms with van der Waals surface area (Å²) >= 11 is 0. The number of carbonyl (C=O) groups excluding carboxylic acids is 1. The van der Waals surface area contributed by atoms with E-state index in [9.17, 15) is 19.5 Å². The van der Waals surface area contributed by atoms with Gasteiger partial charge in [-0.3, -0.25) is 14.4 Å². The molecule has 0 saturated heterocycles. The number of carboxylic acid groups (broad SMARTS) is 2. The van der Waals surface area contributed by atoms with Gasteiger partial charge in [0.25, 0.3) is 0 Å². The smallest absolute Gasteiger partial charge is 0.306 e. The van der Waals surface area contributed by atoms with Gasteiger partial charge in [0.1, 0.15) is 0 Å². The fourth-order valence-corrected chi connectivity index (χ4v) is 3.13. The minimum absolute atomic E-state index is 0.0237. The lowest BCUT2D eigenvalue weighted by Crippen LogP contribution is -2.36. The van der Waals surface area contributed by atoms with Gasteiger partial charge in [-0.25, -0.2) is 0 Å². The molecule has 6 heteroatoms. The highest BCUT2D eigenvalue weighted by Gasteiger charge is 2.27. The molecule has 0 saturated carbocycles. The van der Waals surface area contributed by atoms with Crippen molar-refractivity contribution in [3.63, 3.8) is 0 Å². The first kappa shape index (κ1) is 21.2. The first-order valence-electron chi connectivity index (χ1n) is 9.26. The number of amides is 1. The average Bonchev–Trinajstić information content (AvgIpc) is 2.68. The van der Waals surface area contributed by atoms with E-state index in [-0.39, 0.29) is 25.3 Å². The van der Waals surface area contributed by atoms with Crippen molar-refractivity contribution in [1.29, 1.82) is 0 Å². The van der Waals surface area contributed by atoms with Crippen LogP contribution in [0.3, 0.4) is 0 Å². The van der Waals surface area contributed by atoms with Gasteiger partial charge in [-0.05, 0) is 30.4 Å². The number of aliphatic carboxylic acids is 2. The fraction of sp³-hybridized carbons (Fsp3) is 0.318. The Hall–Kier alpha value is -3.15. The monoisotopic (exact) mass is 383 g/mol. The molecule has 28 heavy (non-hydrogen) atoms. The second kappa shape index (κ2) is 10.9. The van der Waals surface area contributed by atoms with Crippen LogP contribution in [0.1, 0.15) is 24.0 Å². The number of hydrogen-bond acceptors (Lipinski definition) is 3. The lowest BCUT2D eigenvalue weighted by molar-refractivity contribution is -0.142. The van der Waals surface area contributed by atoms with Crippen molar-refractivity contribution in [3.8, 4) is 0 Å². The lowest BCUT2D eigenvalue weighted by Gasteiger charge is -2.21. The molecular weight excluding hydrogens is 358 g/mol. The number of carboxylic acids is 2. The van der Waals surface area contributed by atoms with Crippen LogP contribution in [0.25, 0.3) is 0 Å². The molecule has 2 rings (SSSR count). The Balaban J connectivity index is 2.11. The summed E-state index contributed by atoms with van der Waals surface area (Å²) in [6, 6.07) is 18.7. The summed E-state index contributed by atoms with van der Waals surface area (Å²) < 4.78 is 0. The Morgan fingerprint density at radius 3 is 1.75 bits per heavy atom. The molecule has 2 atom stereocenters. The Morgan fingerprint density at radius 1 is 0.786 bits per heavy atom. The molecule has 0 spiro atoms. The summed E-state index contributed by atoms with van der Waals surface area (Å²) in [6.07, 6.45) is 0.746. The molecule has 2 aromatic rings. The van der Waals surface area contributed by atoms with E-state index in [0.717, 1.165) is 11.1 Å². The van der Waals surface area contributed by atoms with Crippen LogP contribution in [0.5, 0.6) is 0 Å². The number of rotatable bonds is 11. The van der Waals surface area contributed by atoms with Crippen LogP contribution in [0, 0.1) is 11.8 Å². The third-order valence-electron chi connectivity index (χ3n) is 4.58. The maximum absolute atomic E-state index is 12.6.